The Balaban J connectivity index is 4.25. The number of unbranched alkanes of at least 4 members (excludes halogenated alkanes) is 46. The van der Waals surface area contributed by atoms with Crippen molar-refractivity contribution in [2.75, 3.05) is 13.2 Å². The van der Waals surface area contributed by atoms with E-state index in [0.29, 0.717) is 19.3 Å². The van der Waals surface area contributed by atoms with Crippen molar-refractivity contribution < 1.29 is 28.6 Å². The first-order valence-electron chi connectivity index (χ1n) is 35.1. The maximum atomic E-state index is 12.9. The van der Waals surface area contributed by atoms with Gasteiger partial charge in [-0.1, -0.05) is 326 Å². The van der Waals surface area contributed by atoms with Crippen molar-refractivity contribution in [1.82, 2.24) is 0 Å². The number of hydrogen-bond donors (Lipinski definition) is 0. The zero-order valence-electron chi connectivity index (χ0n) is 53.2. The molecular weight excluding hydrogens is 973 g/mol. The topological polar surface area (TPSA) is 78.9 Å². The number of carbonyl (C=O) groups excluding carboxylic acids is 3. The van der Waals surface area contributed by atoms with Crippen LogP contribution in [-0.2, 0) is 28.6 Å². The molecule has 6 heteroatoms. The van der Waals surface area contributed by atoms with Crippen LogP contribution in [-0.4, -0.2) is 37.2 Å². The zero-order chi connectivity index (χ0) is 57.1. The van der Waals surface area contributed by atoms with Crippen LogP contribution in [0.15, 0.2) is 48.6 Å². The van der Waals surface area contributed by atoms with Crippen LogP contribution in [0.4, 0.5) is 0 Å². The Bertz CT molecular complexity index is 1360. The highest BCUT2D eigenvalue weighted by Crippen LogP contribution is 2.18. The highest BCUT2D eigenvalue weighted by Gasteiger charge is 2.19. The number of ether oxygens (including phenoxy) is 3. The lowest BCUT2D eigenvalue weighted by atomic mass is 10.0. The molecule has 0 bridgehead atoms. The SMILES string of the molecule is CCCCC/C=C\C/C=C\CCCCCCCCCCCC(=O)OC(COC(=O)CCCCCCC/C=C\C/C=C\CCCCC)COC(=O)CCCCCCCCCCCCCCCCCCCCCCCCCCCCC. The van der Waals surface area contributed by atoms with Gasteiger partial charge in [0.25, 0.3) is 0 Å². The Hall–Kier alpha value is -2.63. The fourth-order valence-electron chi connectivity index (χ4n) is 10.5. The van der Waals surface area contributed by atoms with Crippen LogP contribution in [0.2, 0.25) is 0 Å². The summed E-state index contributed by atoms with van der Waals surface area (Å²) in [6.45, 7) is 6.64. The number of carbonyl (C=O) groups is 3. The predicted molar refractivity (Wildman–Crippen MR) is 344 cm³/mol. The third-order valence-electron chi connectivity index (χ3n) is 15.8. The second-order valence-corrected chi connectivity index (χ2v) is 23.8. The van der Waals surface area contributed by atoms with Gasteiger partial charge in [0.05, 0.1) is 0 Å². The van der Waals surface area contributed by atoms with E-state index in [0.717, 1.165) is 83.5 Å². The molecule has 0 aliphatic carbocycles. The normalized spacial score (nSPS) is 12.3. The first-order valence-corrected chi connectivity index (χ1v) is 35.1. The van der Waals surface area contributed by atoms with Gasteiger partial charge < -0.3 is 14.2 Å². The maximum absolute atomic E-state index is 12.9. The van der Waals surface area contributed by atoms with Gasteiger partial charge in [0.1, 0.15) is 13.2 Å². The molecule has 79 heavy (non-hydrogen) atoms. The molecule has 1 atom stereocenters. The smallest absolute Gasteiger partial charge is 0.306 e. The van der Waals surface area contributed by atoms with E-state index in [-0.39, 0.29) is 31.1 Å². The summed E-state index contributed by atoms with van der Waals surface area (Å²) in [7, 11) is 0. The minimum atomic E-state index is -0.781. The van der Waals surface area contributed by atoms with Gasteiger partial charge >= 0.3 is 17.9 Å². The molecule has 0 fully saturated rings. The number of esters is 3. The van der Waals surface area contributed by atoms with Crippen LogP contribution in [0.5, 0.6) is 0 Å². The van der Waals surface area contributed by atoms with Crippen molar-refractivity contribution in [3.63, 3.8) is 0 Å². The van der Waals surface area contributed by atoms with Gasteiger partial charge in [0.2, 0.25) is 0 Å². The molecule has 0 saturated heterocycles. The summed E-state index contributed by atoms with van der Waals surface area (Å²) in [6.07, 6.45) is 85.7. The second-order valence-electron chi connectivity index (χ2n) is 23.8. The second kappa shape index (κ2) is 67.9. The monoisotopic (exact) mass is 1110 g/mol. The van der Waals surface area contributed by atoms with Crippen LogP contribution in [0.1, 0.15) is 380 Å². The van der Waals surface area contributed by atoms with Crippen molar-refractivity contribution in [3.8, 4) is 0 Å². The largest absolute Gasteiger partial charge is 0.462 e. The van der Waals surface area contributed by atoms with E-state index >= 15 is 0 Å². The number of allylic oxidation sites excluding steroid dienone is 8. The first-order chi connectivity index (χ1) is 39.0. The fraction of sp³-hybridized carbons (Fsp3) is 0.849. The molecule has 0 aromatic heterocycles. The fourth-order valence-corrected chi connectivity index (χ4v) is 10.5. The van der Waals surface area contributed by atoms with Gasteiger partial charge in [0, 0.05) is 19.3 Å². The first kappa shape index (κ1) is 76.4. The molecular formula is C73H134O6. The lowest BCUT2D eigenvalue weighted by Crippen LogP contribution is -2.30. The summed E-state index contributed by atoms with van der Waals surface area (Å²) in [6, 6.07) is 0. The summed E-state index contributed by atoms with van der Waals surface area (Å²) in [4.78, 5) is 38.4. The van der Waals surface area contributed by atoms with Crippen LogP contribution < -0.4 is 0 Å². The van der Waals surface area contributed by atoms with Crippen molar-refractivity contribution in [2.24, 2.45) is 0 Å². The lowest BCUT2D eigenvalue weighted by Gasteiger charge is -2.18. The molecule has 0 aromatic carbocycles. The predicted octanol–water partition coefficient (Wildman–Crippen LogP) is 24.1. The summed E-state index contributed by atoms with van der Waals surface area (Å²) in [5.41, 5.74) is 0. The molecule has 1 unspecified atom stereocenters. The standard InChI is InChI=1S/C73H134O6/c1-4-7-10-13-16-19-22-25-28-30-32-33-34-35-36-37-38-39-41-42-45-48-51-54-57-60-63-66-72(75)78-69-70(68-77-71(74)65-62-59-56-53-50-47-44-27-24-21-18-15-12-9-6-3)79-73(76)67-64-61-58-55-52-49-46-43-40-31-29-26-23-20-17-14-11-8-5-2/h17-18,20-21,26-27,29,44,70H,4-16,19,22-25,28,30-43,45-69H2,1-3H3/b20-17-,21-18-,29-26-,44-27-. The van der Waals surface area contributed by atoms with Gasteiger partial charge in [-0.2, -0.15) is 0 Å². The average molecular weight is 1110 g/mol. The maximum Gasteiger partial charge on any atom is 0.306 e. The Kier molecular flexibility index (Phi) is 65.6. The highest BCUT2D eigenvalue weighted by atomic mass is 16.6. The van der Waals surface area contributed by atoms with E-state index in [1.807, 2.05) is 0 Å². The van der Waals surface area contributed by atoms with Crippen LogP contribution in [0, 0.1) is 0 Å². The molecule has 0 aromatic rings. The van der Waals surface area contributed by atoms with E-state index in [4.69, 9.17) is 14.2 Å². The Morgan fingerprint density at radius 3 is 0.722 bits per heavy atom. The number of hydrogen-bond acceptors (Lipinski definition) is 6. The van der Waals surface area contributed by atoms with Crippen molar-refractivity contribution >= 4 is 17.9 Å². The average Bonchev–Trinajstić information content (AvgIpc) is 3.45. The van der Waals surface area contributed by atoms with Gasteiger partial charge in [0.15, 0.2) is 6.10 Å². The van der Waals surface area contributed by atoms with Crippen molar-refractivity contribution in [1.29, 1.82) is 0 Å². The molecule has 0 rings (SSSR count). The highest BCUT2D eigenvalue weighted by molar-refractivity contribution is 5.71. The van der Waals surface area contributed by atoms with Crippen LogP contribution in [0.25, 0.3) is 0 Å². The Morgan fingerprint density at radius 1 is 0.253 bits per heavy atom. The quantitative estimate of drug-likeness (QED) is 0.0261. The molecule has 0 saturated carbocycles. The summed E-state index contributed by atoms with van der Waals surface area (Å²) in [5.74, 6) is -0.870. The molecule has 0 heterocycles. The molecule has 0 aliphatic heterocycles. The third kappa shape index (κ3) is 66.1. The third-order valence-corrected chi connectivity index (χ3v) is 15.8. The van der Waals surface area contributed by atoms with Gasteiger partial charge in [-0.05, 0) is 83.5 Å². The minimum Gasteiger partial charge on any atom is -0.462 e. The molecule has 6 nitrogen and oxygen atoms in total. The van der Waals surface area contributed by atoms with Gasteiger partial charge in [-0.25, -0.2) is 0 Å². The molecule has 0 radical (unpaired) electrons. The van der Waals surface area contributed by atoms with Crippen LogP contribution in [0.3, 0.4) is 0 Å². The van der Waals surface area contributed by atoms with Crippen LogP contribution >= 0.6 is 0 Å². The molecule has 0 N–H and O–H groups in total. The molecule has 0 aliphatic rings. The van der Waals surface area contributed by atoms with E-state index in [1.54, 1.807) is 0 Å². The van der Waals surface area contributed by atoms with E-state index < -0.39 is 6.10 Å². The number of rotatable bonds is 65. The Morgan fingerprint density at radius 2 is 0.456 bits per heavy atom. The zero-order valence-corrected chi connectivity index (χ0v) is 53.2. The Labute approximate surface area is 492 Å². The molecule has 0 spiro atoms. The summed E-state index contributed by atoms with van der Waals surface area (Å²) >= 11 is 0. The van der Waals surface area contributed by atoms with E-state index in [1.165, 1.54) is 257 Å². The minimum absolute atomic E-state index is 0.0755. The van der Waals surface area contributed by atoms with Crippen molar-refractivity contribution in [3.05, 3.63) is 48.6 Å². The van der Waals surface area contributed by atoms with Gasteiger partial charge in [-0.15, -0.1) is 0 Å². The van der Waals surface area contributed by atoms with E-state index in [2.05, 4.69) is 69.4 Å². The molecule has 462 valence electrons. The summed E-state index contributed by atoms with van der Waals surface area (Å²) < 4.78 is 17.0. The van der Waals surface area contributed by atoms with E-state index in [9.17, 15) is 14.4 Å². The lowest BCUT2D eigenvalue weighted by molar-refractivity contribution is -0.167. The van der Waals surface area contributed by atoms with Gasteiger partial charge in [-0.3, -0.25) is 14.4 Å². The summed E-state index contributed by atoms with van der Waals surface area (Å²) in [5, 5.41) is 0. The molecule has 0 amide bonds. The van der Waals surface area contributed by atoms with Crippen molar-refractivity contribution in [2.45, 2.75) is 386 Å².